The summed E-state index contributed by atoms with van der Waals surface area (Å²) >= 11 is 0. The molecule has 3 fully saturated rings. The maximum Gasteiger partial charge on any atom is 0.253 e. The lowest BCUT2D eigenvalue weighted by atomic mass is 9.62. The van der Waals surface area contributed by atoms with Crippen molar-refractivity contribution in [3.05, 3.63) is 54.6 Å². The van der Waals surface area contributed by atoms with Gasteiger partial charge in [0.25, 0.3) is 5.91 Å². The van der Waals surface area contributed by atoms with Crippen molar-refractivity contribution in [2.45, 2.75) is 71.1 Å². The molecule has 3 saturated heterocycles. The van der Waals surface area contributed by atoms with Crippen LogP contribution in [0.15, 0.2) is 43.5 Å². The molecule has 3 unspecified atom stereocenters. The van der Waals surface area contributed by atoms with Crippen molar-refractivity contribution in [1.29, 1.82) is 0 Å². The van der Waals surface area contributed by atoms with Crippen LogP contribution in [0, 0.1) is 31.6 Å². The standard InChI is InChI=1S/C32H45N3O5/c1-8-14-33(15-9-2)28(37)25-26-29(38)35(17-11-18-36)27(32(26)20-23(6)31(25,7)40-32)30(39)34(16-10-3)24-19-21(4)12-13-22(24)5/h8,10,12-13,19,23,25-27,36H,1,3,9,11,14-18,20H2,2,4-7H3/t23?,25-,26-,27?,31+,32?/m0/s1. The Morgan fingerprint density at radius 1 is 1.20 bits per heavy atom. The van der Waals surface area contributed by atoms with Crippen molar-refractivity contribution >= 4 is 23.4 Å². The third kappa shape index (κ3) is 4.59. The maximum atomic E-state index is 14.7. The molecule has 8 heteroatoms. The summed E-state index contributed by atoms with van der Waals surface area (Å²) in [4.78, 5) is 48.2. The van der Waals surface area contributed by atoms with Gasteiger partial charge < -0.3 is 24.5 Å². The first-order chi connectivity index (χ1) is 19.0. The minimum Gasteiger partial charge on any atom is -0.396 e. The van der Waals surface area contributed by atoms with Gasteiger partial charge in [0.2, 0.25) is 11.8 Å². The summed E-state index contributed by atoms with van der Waals surface area (Å²) in [7, 11) is 0. The van der Waals surface area contributed by atoms with Gasteiger partial charge in [0.05, 0.1) is 17.4 Å². The number of aliphatic hydroxyl groups excluding tert-OH is 1. The summed E-state index contributed by atoms with van der Waals surface area (Å²) < 4.78 is 6.88. The van der Waals surface area contributed by atoms with Gasteiger partial charge in [-0.25, -0.2) is 0 Å². The zero-order valence-electron chi connectivity index (χ0n) is 24.7. The molecule has 3 aliphatic heterocycles. The van der Waals surface area contributed by atoms with E-state index >= 15 is 0 Å². The molecule has 0 aromatic heterocycles. The minimum absolute atomic E-state index is 0.0423. The number of ether oxygens (including phenoxy) is 1. The molecule has 1 spiro atoms. The lowest BCUT2D eigenvalue weighted by molar-refractivity contribution is -0.151. The maximum absolute atomic E-state index is 14.7. The number of hydrogen-bond donors (Lipinski definition) is 1. The quantitative estimate of drug-likeness (QED) is 0.401. The molecule has 0 radical (unpaired) electrons. The summed E-state index contributed by atoms with van der Waals surface area (Å²) in [6.45, 7) is 19.0. The molecule has 3 aliphatic rings. The Labute approximate surface area is 238 Å². The van der Waals surface area contributed by atoms with E-state index in [2.05, 4.69) is 20.1 Å². The summed E-state index contributed by atoms with van der Waals surface area (Å²) in [5.74, 6) is -2.14. The van der Waals surface area contributed by atoms with Crippen molar-refractivity contribution in [2.75, 3.05) is 37.7 Å². The third-order valence-electron chi connectivity index (χ3n) is 9.26. The topological polar surface area (TPSA) is 90.4 Å². The SMILES string of the molecule is C=CCN(CCC)C(=O)[C@@H]1[C@H]2C(=O)N(CCCO)C(C(=O)N(CC=C)c3cc(C)ccc3C)C23CC(C)[C@@]1(C)O3. The molecule has 3 amide bonds. The monoisotopic (exact) mass is 551 g/mol. The van der Waals surface area contributed by atoms with Crippen LogP contribution >= 0.6 is 0 Å². The van der Waals surface area contributed by atoms with E-state index in [0.717, 1.165) is 23.2 Å². The van der Waals surface area contributed by atoms with Crippen LogP contribution in [0.3, 0.4) is 0 Å². The van der Waals surface area contributed by atoms with Crippen molar-refractivity contribution in [2.24, 2.45) is 17.8 Å². The highest BCUT2D eigenvalue weighted by molar-refractivity contribution is 6.05. The molecule has 8 nitrogen and oxygen atoms in total. The molecule has 6 atom stereocenters. The molecule has 0 aliphatic carbocycles. The molecule has 40 heavy (non-hydrogen) atoms. The lowest BCUT2D eigenvalue weighted by Gasteiger charge is -2.39. The largest absolute Gasteiger partial charge is 0.396 e. The van der Waals surface area contributed by atoms with E-state index in [-0.39, 0.29) is 43.3 Å². The smallest absolute Gasteiger partial charge is 0.253 e. The number of benzene rings is 1. The van der Waals surface area contributed by atoms with Crippen LogP contribution in [0.25, 0.3) is 0 Å². The van der Waals surface area contributed by atoms with Crippen LogP contribution in [0.5, 0.6) is 0 Å². The number of aliphatic hydroxyl groups is 1. The van der Waals surface area contributed by atoms with Gasteiger partial charge in [-0.1, -0.05) is 38.1 Å². The van der Waals surface area contributed by atoms with Crippen LogP contribution in [-0.2, 0) is 19.1 Å². The zero-order valence-corrected chi connectivity index (χ0v) is 24.7. The van der Waals surface area contributed by atoms with Gasteiger partial charge in [-0.15, -0.1) is 13.2 Å². The molecular weight excluding hydrogens is 506 g/mol. The molecular formula is C32H45N3O5. The van der Waals surface area contributed by atoms with Gasteiger partial charge in [0.1, 0.15) is 11.6 Å². The first kappa shape index (κ1) is 30.0. The van der Waals surface area contributed by atoms with Gasteiger partial charge in [0, 0.05) is 38.5 Å². The number of carbonyl (C=O) groups excluding carboxylic acids is 3. The number of anilines is 1. The Balaban J connectivity index is 1.85. The Hall–Kier alpha value is -2.97. The third-order valence-corrected chi connectivity index (χ3v) is 9.26. The normalized spacial score (nSPS) is 30.4. The molecule has 0 saturated carbocycles. The van der Waals surface area contributed by atoms with Gasteiger partial charge >= 0.3 is 0 Å². The number of hydrogen-bond acceptors (Lipinski definition) is 5. The Morgan fingerprint density at radius 3 is 2.52 bits per heavy atom. The molecule has 218 valence electrons. The predicted octanol–water partition coefficient (Wildman–Crippen LogP) is 3.64. The molecule has 4 rings (SSSR count). The highest BCUT2D eigenvalue weighted by Gasteiger charge is 2.80. The van der Waals surface area contributed by atoms with Crippen LogP contribution in [0.1, 0.15) is 51.2 Å². The number of rotatable bonds is 12. The number of amides is 3. The Morgan fingerprint density at radius 2 is 1.90 bits per heavy atom. The second kappa shape index (κ2) is 11.5. The van der Waals surface area contributed by atoms with Crippen molar-refractivity contribution in [1.82, 2.24) is 9.80 Å². The molecule has 1 N–H and O–H groups in total. The first-order valence-electron chi connectivity index (χ1n) is 14.5. The summed E-state index contributed by atoms with van der Waals surface area (Å²) in [6, 6.07) is 5.04. The van der Waals surface area contributed by atoms with Gasteiger partial charge in [-0.3, -0.25) is 14.4 Å². The number of aryl methyl sites for hydroxylation is 2. The summed E-state index contributed by atoms with van der Waals surface area (Å²) in [6.07, 6.45) is 4.99. The van der Waals surface area contributed by atoms with E-state index in [9.17, 15) is 19.5 Å². The Bertz CT molecular complexity index is 1180. The number of likely N-dealkylation sites (tertiary alicyclic amines) is 1. The van der Waals surface area contributed by atoms with E-state index in [1.807, 2.05) is 45.9 Å². The molecule has 3 heterocycles. The summed E-state index contributed by atoms with van der Waals surface area (Å²) in [5.41, 5.74) is 0.696. The predicted molar refractivity (Wildman–Crippen MR) is 156 cm³/mol. The van der Waals surface area contributed by atoms with E-state index in [4.69, 9.17) is 4.74 Å². The molecule has 1 aromatic rings. The number of nitrogens with zero attached hydrogens (tertiary/aromatic N) is 3. The average Bonchev–Trinajstić information content (AvgIpc) is 3.43. The molecule has 2 bridgehead atoms. The fraction of sp³-hybridized carbons (Fsp3) is 0.594. The fourth-order valence-electron chi connectivity index (χ4n) is 7.38. The second-order valence-corrected chi connectivity index (χ2v) is 11.9. The highest BCUT2D eigenvalue weighted by atomic mass is 16.5. The minimum atomic E-state index is -1.14. The average molecular weight is 552 g/mol. The van der Waals surface area contributed by atoms with Gasteiger partial charge in [-0.2, -0.15) is 0 Å². The first-order valence-corrected chi connectivity index (χ1v) is 14.5. The number of fused-ring (bicyclic) bond motifs is 1. The van der Waals surface area contributed by atoms with E-state index < -0.39 is 29.1 Å². The van der Waals surface area contributed by atoms with E-state index in [0.29, 0.717) is 25.9 Å². The van der Waals surface area contributed by atoms with E-state index in [1.54, 1.807) is 26.9 Å². The van der Waals surface area contributed by atoms with Crippen LogP contribution < -0.4 is 4.90 Å². The van der Waals surface area contributed by atoms with Crippen molar-refractivity contribution < 1.29 is 24.2 Å². The fourth-order valence-corrected chi connectivity index (χ4v) is 7.38. The highest BCUT2D eigenvalue weighted by Crippen LogP contribution is 2.65. The zero-order chi connectivity index (χ0) is 29.4. The van der Waals surface area contributed by atoms with Crippen LogP contribution in [0.2, 0.25) is 0 Å². The number of carbonyl (C=O) groups is 3. The molecule has 1 aromatic carbocycles. The van der Waals surface area contributed by atoms with Crippen LogP contribution in [0.4, 0.5) is 5.69 Å². The summed E-state index contributed by atoms with van der Waals surface area (Å²) in [5, 5.41) is 9.67. The van der Waals surface area contributed by atoms with Gasteiger partial charge in [0.15, 0.2) is 0 Å². The lowest BCUT2D eigenvalue weighted by Crippen LogP contribution is -2.57. The second-order valence-electron chi connectivity index (χ2n) is 11.9. The van der Waals surface area contributed by atoms with Crippen molar-refractivity contribution in [3.8, 4) is 0 Å². The van der Waals surface area contributed by atoms with Crippen molar-refractivity contribution in [3.63, 3.8) is 0 Å². The van der Waals surface area contributed by atoms with Gasteiger partial charge in [-0.05, 0) is 63.1 Å². The van der Waals surface area contributed by atoms with Crippen LogP contribution in [-0.4, -0.2) is 82.7 Å². The van der Waals surface area contributed by atoms with E-state index in [1.165, 1.54) is 0 Å². The Kier molecular flexibility index (Phi) is 8.62.